The summed E-state index contributed by atoms with van der Waals surface area (Å²) in [5, 5.41) is 8.58. The van der Waals surface area contributed by atoms with E-state index in [4.69, 9.17) is 0 Å². The molecule has 30 heavy (non-hydrogen) atoms. The normalized spacial score (nSPS) is 20.1. The standard InChI is InChI=1S/C21H22N6O3/c1-24-16(7-9-22-24)18(28)25-10-8-21(13-25)11-17-23-27(12-15-5-3-2-4-6-15)20(30)19(29)26(17)14-21/h2-7,9H,8,10-14H2,1H3/t21-/m0/s1. The van der Waals surface area contributed by atoms with Crippen molar-refractivity contribution < 1.29 is 4.79 Å². The zero-order valence-electron chi connectivity index (χ0n) is 16.7. The molecule has 0 unspecified atom stereocenters. The number of likely N-dealkylation sites (tertiary alicyclic amines) is 1. The van der Waals surface area contributed by atoms with Gasteiger partial charge in [-0.05, 0) is 18.1 Å². The smallest absolute Gasteiger partial charge is 0.332 e. The zero-order valence-corrected chi connectivity index (χ0v) is 16.7. The van der Waals surface area contributed by atoms with Gasteiger partial charge >= 0.3 is 11.1 Å². The van der Waals surface area contributed by atoms with Crippen LogP contribution in [-0.4, -0.2) is 48.0 Å². The molecule has 2 aromatic heterocycles. The second-order valence-corrected chi connectivity index (χ2v) is 8.25. The highest BCUT2D eigenvalue weighted by Gasteiger charge is 2.46. The van der Waals surface area contributed by atoms with Crippen LogP contribution < -0.4 is 11.1 Å². The molecule has 3 aromatic rings. The molecular formula is C21H22N6O3. The van der Waals surface area contributed by atoms with E-state index in [-0.39, 0.29) is 17.9 Å². The molecule has 2 aliphatic heterocycles. The molecule has 1 atom stereocenters. The van der Waals surface area contributed by atoms with E-state index in [1.165, 1.54) is 9.25 Å². The molecule has 0 N–H and O–H groups in total. The number of fused-ring (bicyclic) bond motifs is 1. The molecule has 5 rings (SSSR count). The minimum absolute atomic E-state index is 0.0632. The van der Waals surface area contributed by atoms with E-state index < -0.39 is 11.1 Å². The van der Waals surface area contributed by atoms with Crippen molar-refractivity contribution in [2.45, 2.75) is 25.9 Å². The third-order valence-corrected chi connectivity index (χ3v) is 6.18. The van der Waals surface area contributed by atoms with Crippen LogP contribution in [0.1, 0.15) is 28.3 Å². The van der Waals surface area contributed by atoms with Crippen LogP contribution in [0.4, 0.5) is 0 Å². The molecule has 1 amide bonds. The minimum Gasteiger partial charge on any atom is -0.337 e. The van der Waals surface area contributed by atoms with Crippen LogP contribution in [-0.2, 0) is 26.6 Å². The molecule has 1 aromatic carbocycles. The van der Waals surface area contributed by atoms with E-state index in [0.29, 0.717) is 37.6 Å². The highest BCUT2D eigenvalue weighted by molar-refractivity contribution is 5.92. The Morgan fingerprint density at radius 2 is 1.90 bits per heavy atom. The van der Waals surface area contributed by atoms with Crippen molar-refractivity contribution in [3.63, 3.8) is 0 Å². The highest BCUT2D eigenvalue weighted by atomic mass is 16.2. The Balaban J connectivity index is 1.40. The summed E-state index contributed by atoms with van der Waals surface area (Å²) < 4.78 is 4.33. The lowest BCUT2D eigenvalue weighted by Crippen LogP contribution is -2.43. The van der Waals surface area contributed by atoms with E-state index in [9.17, 15) is 14.4 Å². The number of carbonyl (C=O) groups excluding carboxylic acids is 1. The Labute approximate surface area is 172 Å². The predicted molar refractivity (Wildman–Crippen MR) is 108 cm³/mol. The van der Waals surface area contributed by atoms with E-state index >= 15 is 0 Å². The number of benzene rings is 1. The summed E-state index contributed by atoms with van der Waals surface area (Å²) in [5.41, 5.74) is 0.0502. The van der Waals surface area contributed by atoms with E-state index in [1.54, 1.807) is 24.0 Å². The topological polar surface area (TPSA) is 95.0 Å². The summed E-state index contributed by atoms with van der Waals surface area (Å²) in [4.78, 5) is 40.0. The van der Waals surface area contributed by atoms with Gasteiger partial charge in [0, 0.05) is 44.7 Å². The Morgan fingerprint density at radius 3 is 2.63 bits per heavy atom. The first-order valence-corrected chi connectivity index (χ1v) is 9.98. The van der Waals surface area contributed by atoms with Crippen LogP contribution in [0.3, 0.4) is 0 Å². The average molecular weight is 406 g/mol. The number of hydrogen-bond donors (Lipinski definition) is 0. The Morgan fingerprint density at radius 1 is 1.10 bits per heavy atom. The molecule has 1 fully saturated rings. The van der Waals surface area contributed by atoms with Crippen molar-refractivity contribution in [1.82, 2.24) is 29.0 Å². The van der Waals surface area contributed by atoms with Crippen molar-refractivity contribution in [3.8, 4) is 0 Å². The number of amides is 1. The van der Waals surface area contributed by atoms with Crippen molar-refractivity contribution >= 4 is 5.91 Å². The molecular weight excluding hydrogens is 384 g/mol. The molecule has 154 valence electrons. The number of rotatable bonds is 3. The first kappa shape index (κ1) is 18.5. The van der Waals surface area contributed by atoms with Crippen molar-refractivity contribution in [2.75, 3.05) is 13.1 Å². The maximum atomic E-state index is 12.8. The van der Waals surface area contributed by atoms with Crippen molar-refractivity contribution in [1.29, 1.82) is 0 Å². The predicted octanol–water partition coefficient (Wildman–Crippen LogP) is 0.275. The van der Waals surface area contributed by atoms with Gasteiger partial charge in [-0.3, -0.25) is 23.6 Å². The second kappa shape index (κ2) is 6.79. The van der Waals surface area contributed by atoms with Gasteiger partial charge in [0.15, 0.2) is 0 Å². The minimum atomic E-state index is -0.611. The first-order chi connectivity index (χ1) is 14.5. The number of aromatic nitrogens is 5. The van der Waals surface area contributed by atoms with Crippen LogP contribution >= 0.6 is 0 Å². The molecule has 1 saturated heterocycles. The summed E-state index contributed by atoms with van der Waals surface area (Å²) in [7, 11) is 1.75. The molecule has 0 bridgehead atoms. The molecule has 9 nitrogen and oxygen atoms in total. The van der Waals surface area contributed by atoms with E-state index in [2.05, 4.69) is 10.2 Å². The molecule has 2 aliphatic rings. The second-order valence-electron chi connectivity index (χ2n) is 8.25. The monoisotopic (exact) mass is 406 g/mol. The van der Waals surface area contributed by atoms with Crippen LogP contribution in [0.2, 0.25) is 0 Å². The Hall–Kier alpha value is -3.49. The van der Waals surface area contributed by atoms with Crippen LogP contribution in [0.25, 0.3) is 0 Å². The van der Waals surface area contributed by atoms with Gasteiger partial charge in [0.2, 0.25) is 0 Å². The van der Waals surface area contributed by atoms with Crippen LogP contribution in [0.5, 0.6) is 0 Å². The number of carbonyl (C=O) groups is 1. The van der Waals surface area contributed by atoms with E-state index in [1.807, 2.05) is 35.2 Å². The molecule has 0 saturated carbocycles. The maximum Gasteiger partial charge on any atom is 0.332 e. The first-order valence-electron chi connectivity index (χ1n) is 9.98. The lowest BCUT2D eigenvalue weighted by Gasteiger charge is -2.22. The van der Waals surface area contributed by atoms with Crippen molar-refractivity contribution in [3.05, 3.63) is 80.4 Å². The Bertz CT molecular complexity index is 1240. The molecule has 0 radical (unpaired) electrons. The fourth-order valence-corrected chi connectivity index (χ4v) is 4.59. The van der Waals surface area contributed by atoms with Gasteiger partial charge in [0.05, 0.1) is 6.54 Å². The fraction of sp³-hybridized carbons (Fsp3) is 0.381. The number of aryl methyl sites for hydroxylation is 1. The SMILES string of the molecule is Cn1nccc1C(=O)N1CC[C@]2(Cc3nn(Cc4ccccc4)c(=O)c(=O)n3C2)C1. The number of hydrogen-bond acceptors (Lipinski definition) is 5. The lowest BCUT2D eigenvalue weighted by molar-refractivity contribution is 0.0761. The highest BCUT2D eigenvalue weighted by Crippen LogP contribution is 2.39. The largest absolute Gasteiger partial charge is 0.337 e. The van der Waals surface area contributed by atoms with Gasteiger partial charge in [-0.15, -0.1) is 0 Å². The zero-order chi connectivity index (χ0) is 20.9. The van der Waals surface area contributed by atoms with Crippen LogP contribution in [0.15, 0.2) is 52.2 Å². The maximum absolute atomic E-state index is 12.8. The van der Waals surface area contributed by atoms with Gasteiger partial charge in [0.1, 0.15) is 11.5 Å². The summed E-state index contributed by atoms with van der Waals surface area (Å²) in [6.07, 6.45) is 2.95. The summed E-state index contributed by atoms with van der Waals surface area (Å²) >= 11 is 0. The van der Waals surface area contributed by atoms with Gasteiger partial charge in [-0.25, -0.2) is 4.68 Å². The summed E-state index contributed by atoms with van der Waals surface area (Å²) in [5.74, 6) is 0.553. The van der Waals surface area contributed by atoms with Gasteiger partial charge in [-0.1, -0.05) is 30.3 Å². The average Bonchev–Trinajstić information content (AvgIpc) is 3.45. The van der Waals surface area contributed by atoms with Crippen molar-refractivity contribution in [2.24, 2.45) is 12.5 Å². The molecule has 0 aliphatic carbocycles. The summed E-state index contributed by atoms with van der Waals surface area (Å²) in [6.45, 7) is 1.83. The molecule has 4 heterocycles. The van der Waals surface area contributed by atoms with E-state index in [0.717, 1.165) is 12.0 Å². The third kappa shape index (κ3) is 2.97. The third-order valence-electron chi connectivity index (χ3n) is 6.18. The fourth-order valence-electron chi connectivity index (χ4n) is 4.59. The molecule has 9 heteroatoms. The quantitative estimate of drug-likeness (QED) is 0.582. The van der Waals surface area contributed by atoms with Crippen LogP contribution in [0, 0.1) is 5.41 Å². The van der Waals surface area contributed by atoms with Gasteiger partial charge in [0.25, 0.3) is 5.91 Å². The molecule has 1 spiro atoms. The Kier molecular flexibility index (Phi) is 4.19. The van der Waals surface area contributed by atoms with Gasteiger partial charge in [-0.2, -0.15) is 10.2 Å². The summed E-state index contributed by atoms with van der Waals surface area (Å²) in [6, 6.07) is 11.2. The number of nitrogens with zero attached hydrogens (tertiary/aromatic N) is 6. The van der Waals surface area contributed by atoms with Gasteiger partial charge < -0.3 is 4.90 Å². The lowest BCUT2D eigenvalue weighted by atomic mass is 9.86.